The molecule has 1 heterocycles. The Morgan fingerprint density at radius 1 is 1.47 bits per heavy atom. The van der Waals surface area contributed by atoms with Crippen LogP contribution in [0.2, 0.25) is 0 Å². The first-order valence-corrected chi connectivity index (χ1v) is 6.48. The van der Waals surface area contributed by atoms with Gasteiger partial charge in [-0.1, -0.05) is 0 Å². The molecule has 86 valence electrons. The zero-order chi connectivity index (χ0) is 11.6. The maximum atomic E-state index is 11.9. The molecule has 15 heavy (non-hydrogen) atoms. The predicted octanol–water partition coefficient (Wildman–Crippen LogP) is -0.136. The van der Waals surface area contributed by atoms with Gasteiger partial charge in [-0.25, -0.2) is 8.42 Å². The van der Waals surface area contributed by atoms with Crippen LogP contribution in [-0.2, 0) is 10.0 Å². The smallest absolute Gasteiger partial charge is 0.230 e. The summed E-state index contributed by atoms with van der Waals surface area (Å²) in [4.78, 5) is 2.09. The van der Waals surface area contributed by atoms with Gasteiger partial charge in [0.15, 0.2) is 5.25 Å². The summed E-state index contributed by atoms with van der Waals surface area (Å²) in [6.45, 7) is 5.22. The van der Waals surface area contributed by atoms with Crippen molar-refractivity contribution in [2.24, 2.45) is 0 Å². The second-order valence-electron chi connectivity index (χ2n) is 4.04. The van der Waals surface area contributed by atoms with Crippen LogP contribution >= 0.6 is 0 Å². The molecule has 0 aromatic carbocycles. The van der Waals surface area contributed by atoms with Crippen LogP contribution in [-0.4, -0.2) is 55.6 Å². The van der Waals surface area contributed by atoms with E-state index in [1.165, 1.54) is 11.2 Å². The number of piperazine rings is 1. The Morgan fingerprint density at radius 2 is 2.07 bits per heavy atom. The third-order valence-electron chi connectivity index (χ3n) is 2.73. The molecule has 0 spiro atoms. The SMILES string of the molecule is CC1CN(C)CCN1S(=O)(=O)C(C)C#N. The highest BCUT2D eigenvalue weighted by Crippen LogP contribution is 2.16. The standard InChI is InChI=1S/C9H17N3O2S/c1-8-7-11(3)4-5-12(8)15(13,14)9(2)6-10/h8-9H,4-5,7H2,1-3H3. The van der Waals surface area contributed by atoms with Crippen LogP contribution in [0.3, 0.4) is 0 Å². The van der Waals surface area contributed by atoms with Crippen molar-refractivity contribution in [2.45, 2.75) is 25.1 Å². The average Bonchev–Trinajstić information content (AvgIpc) is 2.15. The van der Waals surface area contributed by atoms with Crippen LogP contribution in [0.5, 0.6) is 0 Å². The molecule has 0 saturated carbocycles. The Balaban J connectivity index is 2.85. The molecule has 0 aromatic heterocycles. The molecule has 1 aliphatic rings. The predicted molar refractivity (Wildman–Crippen MR) is 57.7 cm³/mol. The summed E-state index contributed by atoms with van der Waals surface area (Å²) in [6, 6.07) is 1.74. The first kappa shape index (κ1) is 12.4. The number of hydrogen-bond donors (Lipinski definition) is 0. The third kappa shape index (κ3) is 2.48. The van der Waals surface area contributed by atoms with Gasteiger partial charge >= 0.3 is 0 Å². The summed E-state index contributed by atoms with van der Waals surface area (Å²) in [5, 5.41) is 7.72. The molecule has 0 aliphatic carbocycles. The number of nitriles is 1. The van der Waals surface area contributed by atoms with E-state index >= 15 is 0 Å². The summed E-state index contributed by atoms with van der Waals surface area (Å²) < 4.78 is 25.3. The van der Waals surface area contributed by atoms with Crippen molar-refractivity contribution in [1.29, 1.82) is 5.26 Å². The number of rotatable bonds is 2. The minimum atomic E-state index is -3.44. The fourth-order valence-corrected chi connectivity index (χ4v) is 3.21. The second kappa shape index (κ2) is 4.47. The van der Waals surface area contributed by atoms with Crippen molar-refractivity contribution in [3.8, 4) is 6.07 Å². The fraction of sp³-hybridized carbons (Fsp3) is 0.889. The monoisotopic (exact) mass is 231 g/mol. The van der Waals surface area contributed by atoms with E-state index in [1.807, 2.05) is 14.0 Å². The van der Waals surface area contributed by atoms with E-state index in [-0.39, 0.29) is 6.04 Å². The maximum absolute atomic E-state index is 11.9. The maximum Gasteiger partial charge on any atom is 0.230 e. The van der Waals surface area contributed by atoms with E-state index in [2.05, 4.69) is 4.90 Å². The van der Waals surface area contributed by atoms with Gasteiger partial charge in [0.05, 0.1) is 6.07 Å². The third-order valence-corrected chi connectivity index (χ3v) is 4.92. The van der Waals surface area contributed by atoms with E-state index in [9.17, 15) is 8.42 Å². The van der Waals surface area contributed by atoms with E-state index < -0.39 is 15.3 Å². The van der Waals surface area contributed by atoms with Crippen molar-refractivity contribution >= 4 is 10.0 Å². The Bertz CT molecular complexity index is 360. The normalized spacial score (nSPS) is 27.2. The number of hydrogen-bond acceptors (Lipinski definition) is 4. The van der Waals surface area contributed by atoms with Crippen molar-refractivity contribution < 1.29 is 8.42 Å². The lowest BCUT2D eigenvalue weighted by Gasteiger charge is -2.37. The topological polar surface area (TPSA) is 64.4 Å². The van der Waals surface area contributed by atoms with Crippen molar-refractivity contribution in [3.05, 3.63) is 0 Å². The van der Waals surface area contributed by atoms with Crippen LogP contribution in [0, 0.1) is 11.3 Å². The molecule has 0 aromatic rings. The van der Waals surface area contributed by atoms with E-state index in [0.29, 0.717) is 6.54 Å². The summed E-state index contributed by atoms with van der Waals surface area (Å²) >= 11 is 0. The van der Waals surface area contributed by atoms with Gasteiger partial charge in [0.2, 0.25) is 10.0 Å². The first-order valence-electron chi connectivity index (χ1n) is 4.98. The molecule has 0 radical (unpaired) electrons. The Morgan fingerprint density at radius 3 is 2.53 bits per heavy atom. The quantitative estimate of drug-likeness (QED) is 0.664. The van der Waals surface area contributed by atoms with Crippen LogP contribution < -0.4 is 0 Å². The Hall–Kier alpha value is -0.640. The molecule has 2 atom stereocenters. The molecule has 1 aliphatic heterocycles. The van der Waals surface area contributed by atoms with Gasteiger partial charge in [-0.15, -0.1) is 0 Å². The molecule has 1 rings (SSSR count). The molecule has 1 fully saturated rings. The summed E-state index contributed by atoms with van der Waals surface area (Å²) in [7, 11) is -1.47. The molecular weight excluding hydrogens is 214 g/mol. The zero-order valence-electron chi connectivity index (χ0n) is 9.34. The summed E-state index contributed by atoms with van der Waals surface area (Å²) in [6.07, 6.45) is 0. The zero-order valence-corrected chi connectivity index (χ0v) is 10.2. The minimum absolute atomic E-state index is 0.0513. The van der Waals surface area contributed by atoms with Crippen LogP contribution in [0.25, 0.3) is 0 Å². The minimum Gasteiger partial charge on any atom is -0.303 e. The molecule has 5 nitrogen and oxygen atoms in total. The van der Waals surface area contributed by atoms with Gasteiger partial charge < -0.3 is 4.90 Å². The van der Waals surface area contributed by atoms with Crippen LogP contribution in [0.15, 0.2) is 0 Å². The lowest BCUT2D eigenvalue weighted by molar-refractivity contribution is 0.170. The van der Waals surface area contributed by atoms with E-state index in [0.717, 1.165) is 13.1 Å². The van der Waals surface area contributed by atoms with Crippen molar-refractivity contribution in [1.82, 2.24) is 9.21 Å². The van der Waals surface area contributed by atoms with E-state index in [4.69, 9.17) is 5.26 Å². The molecule has 0 bridgehead atoms. The molecule has 1 saturated heterocycles. The Kier molecular flexibility index (Phi) is 3.71. The van der Waals surface area contributed by atoms with Gasteiger partial charge in [0.25, 0.3) is 0 Å². The van der Waals surface area contributed by atoms with Gasteiger partial charge in [-0.2, -0.15) is 9.57 Å². The number of likely N-dealkylation sites (N-methyl/N-ethyl adjacent to an activating group) is 1. The van der Waals surface area contributed by atoms with Gasteiger partial charge in [-0.3, -0.25) is 0 Å². The highest BCUT2D eigenvalue weighted by atomic mass is 32.2. The molecule has 0 amide bonds. The Labute approximate surface area is 91.3 Å². The molecule has 0 N–H and O–H groups in total. The van der Waals surface area contributed by atoms with Crippen molar-refractivity contribution in [3.63, 3.8) is 0 Å². The lowest BCUT2D eigenvalue weighted by atomic mass is 10.2. The highest BCUT2D eigenvalue weighted by Gasteiger charge is 2.35. The lowest BCUT2D eigenvalue weighted by Crippen LogP contribution is -2.54. The number of sulfonamides is 1. The average molecular weight is 231 g/mol. The second-order valence-corrected chi connectivity index (χ2v) is 6.24. The molecule has 6 heteroatoms. The fourth-order valence-electron chi connectivity index (χ4n) is 1.77. The summed E-state index contributed by atoms with van der Waals surface area (Å²) in [5.41, 5.74) is 0. The molecule has 2 unspecified atom stereocenters. The van der Waals surface area contributed by atoms with Crippen LogP contribution in [0.1, 0.15) is 13.8 Å². The first-order chi connectivity index (χ1) is 6.89. The van der Waals surface area contributed by atoms with Gasteiger partial charge in [0, 0.05) is 25.7 Å². The van der Waals surface area contributed by atoms with E-state index in [1.54, 1.807) is 6.07 Å². The van der Waals surface area contributed by atoms with Gasteiger partial charge in [0.1, 0.15) is 0 Å². The van der Waals surface area contributed by atoms with Crippen LogP contribution in [0.4, 0.5) is 0 Å². The van der Waals surface area contributed by atoms with Gasteiger partial charge in [-0.05, 0) is 20.9 Å². The summed E-state index contributed by atoms with van der Waals surface area (Å²) in [5.74, 6) is 0. The largest absolute Gasteiger partial charge is 0.303 e. The number of nitrogens with zero attached hydrogens (tertiary/aromatic N) is 3. The molecular formula is C9H17N3O2S. The highest BCUT2D eigenvalue weighted by molar-refractivity contribution is 7.90. The van der Waals surface area contributed by atoms with Crippen molar-refractivity contribution in [2.75, 3.05) is 26.7 Å².